The van der Waals surface area contributed by atoms with Crippen molar-refractivity contribution in [2.75, 3.05) is 7.11 Å². The number of carbonyl (C=O) groups is 2. The molecule has 1 N–H and O–H groups in total. The van der Waals surface area contributed by atoms with Crippen molar-refractivity contribution in [3.63, 3.8) is 0 Å². The number of para-hydroxylation sites is 1. The third-order valence-corrected chi connectivity index (χ3v) is 8.48. The summed E-state index contributed by atoms with van der Waals surface area (Å²) in [6.45, 7) is 3.57. The largest absolute Gasteiger partial charge is 0.508 e. The average molecular weight is 514 g/mol. The van der Waals surface area contributed by atoms with E-state index in [2.05, 4.69) is 0 Å². The first-order valence-electron chi connectivity index (χ1n) is 12.5. The minimum absolute atomic E-state index is 0.00377. The maximum Gasteiger partial charge on any atom is 0.352 e. The van der Waals surface area contributed by atoms with Gasteiger partial charge in [0.15, 0.2) is 11.6 Å². The van der Waals surface area contributed by atoms with Crippen LogP contribution in [0.5, 0.6) is 11.5 Å². The van der Waals surface area contributed by atoms with Crippen molar-refractivity contribution in [1.82, 2.24) is 13.9 Å². The van der Waals surface area contributed by atoms with E-state index in [0.29, 0.717) is 22.6 Å². The van der Waals surface area contributed by atoms with E-state index in [1.54, 1.807) is 50.2 Å². The van der Waals surface area contributed by atoms with Gasteiger partial charge in [-0.25, -0.2) is 23.5 Å². The molecule has 3 aromatic rings. The number of ketones is 2. The molecule has 0 radical (unpaired) electrons. The van der Waals surface area contributed by atoms with Gasteiger partial charge in [0.05, 0.1) is 30.8 Å². The van der Waals surface area contributed by atoms with Gasteiger partial charge in [0.25, 0.3) is 0 Å². The molecule has 0 saturated heterocycles. The molecule has 1 aliphatic heterocycles. The smallest absolute Gasteiger partial charge is 0.352 e. The average Bonchev–Trinajstić information content (AvgIpc) is 3.17. The first kappa shape index (κ1) is 24.0. The molecular formula is C29H27N3O6. The van der Waals surface area contributed by atoms with Crippen LogP contribution in [0.1, 0.15) is 37.8 Å². The molecule has 4 atom stereocenters. The Balaban J connectivity index is 1.61. The molecule has 38 heavy (non-hydrogen) atoms. The predicted octanol–water partition coefficient (Wildman–Crippen LogP) is 2.90. The molecule has 1 aromatic heterocycles. The van der Waals surface area contributed by atoms with E-state index in [1.165, 1.54) is 34.7 Å². The van der Waals surface area contributed by atoms with Crippen molar-refractivity contribution in [3.8, 4) is 17.2 Å². The van der Waals surface area contributed by atoms with Gasteiger partial charge in [-0.1, -0.05) is 37.3 Å². The van der Waals surface area contributed by atoms with Crippen LogP contribution < -0.4 is 16.1 Å². The lowest BCUT2D eigenvalue weighted by atomic mass is 9.51. The van der Waals surface area contributed by atoms with Gasteiger partial charge in [-0.05, 0) is 48.8 Å². The van der Waals surface area contributed by atoms with Crippen LogP contribution >= 0.6 is 0 Å². The first-order valence-corrected chi connectivity index (χ1v) is 12.5. The Morgan fingerprint density at radius 1 is 1.03 bits per heavy atom. The van der Waals surface area contributed by atoms with Crippen LogP contribution in [0.4, 0.5) is 0 Å². The number of methoxy groups -OCH3 is 1. The summed E-state index contributed by atoms with van der Waals surface area (Å²) >= 11 is 0. The number of aromatic nitrogens is 3. The second kappa shape index (κ2) is 8.31. The maximum absolute atomic E-state index is 13.8. The molecule has 2 aromatic carbocycles. The Morgan fingerprint density at radius 3 is 2.47 bits per heavy atom. The van der Waals surface area contributed by atoms with Gasteiger partial charge in [-0.2, -0.15) is 0 Å². The summed E-state index contributed by atoms with van der Waals surface area (Å²) in [7, 11) is 1.48. The Bertz CT molecular complexity index is 1690. The number of carbonyl (C=O) groups excluding carboxylic acids is 2. The van der Waals surface area contributed by atoms with Crippen molar-refractivity contribution >= 4 is 11.6 Å². The topological polar surface area (TPSA) is 113 Å². The van der Waals surface area contributed by atoms with Crippen LogP contribution in [0.25, 0.3) is 5.69 Å². The lowest BCUT2D eigenvalue weighted by molar-refractivity contribution is -0.139. The molecule has 3 aliphatic rings. The lowest BCUT2D eigenvalue weighted by Gasteiger charge is -2.52. The fraction of sp³-hybridized carbons (Fsp3) is 0.310. The predicted molar refractivity (Wildman–Crippen MR) is 139 cm³/mol. The van der Waals surface area contributed by atoms with E-state index in [4.69, 9.17) is 4.74 Å². The molecule has 0 amide bonds. The van der Waals surface area contributed by atoms with E-state index < -0.39 is 34.7 Å². The van der Waals surface area contributed by atoms with Crippen molar-refractivity contribution in [2.45, 2.75) is 38.8 Å². The van der Waals surface area contributed by atoms with Gasteiger partial charge in [-0.15, -0.1) is 0 Å². The number of hydrogen-bond donors (Lipinski definition) is 1. The first-order chi connectivity index (χ1) is 18.2. The highest BCUT2D eigenvalue weighted by Crippen LogP contribution is 2.60. The van der Waals surface area contributed by atoms with E-state index in [-0.39, 0.29) is 30.3 Å². The van der Waals surface area contributed by atoms with Crippen LogP contribution in [-0.2, 0) is 16.1 Å². The Labute approximate surface area is 217 Å². The lowest BCUT2D eigenvalue weighted by Crippen LogP contribution is -2.54. The molecule has 0 spiro atoms. The summed E-state index contributed by atoms with van der Waals surface area (Å²) in [4.78, 5) is 54.5. The normalized spacial score (nSPS) is 26.1. The third kappa shape index (κ3) is 3.11. The molecule has 2 heterocycles. The molecule has 9 nitrogen and oxygen atoms in total. The second-order valence-corrected chi connectivity index (χ2v) is 10.4. The Morgan fingerprint density at radius 2 is 1.76 bits per heavy atom. The summed E-state index contributed by atoms with van der Waals surface area (Å²) in [6.07, 6.45) is 3.51. The van der Waals surface area contributed by atoms with Crippen molar-refractivity contribution in [1.29, 1.82) is 0 Å². The number of Topliss-reactive ketones (excluding diaryl/α,β-unsaturated/α-hetero) is 1. The number of nitrogens with zero attached hydrogens (tertiary/aromatic N) is 3. The summed E-state index contributed by atoms with van der Waals surface area (Å²) in [5, 5.41) is 10.1. The number of rotatable bonds is 3. The zero-order chi connectivity index (χ0) is 26.9. The molecule has 9 heteroatoms. The number of fused-ring (bicyclic) bond motifs is 4. The monoisotopic (exact) mass is 513 g/mol. The quantitative estimate of drug-likeness (QED) is 0.539. The maximum atomic E-state index is 13.8. The molecule has 0 unspecified atom stereocenters. The third-order valence-electron chi connectivity index (χ3n) is 8.48. The van der Waals surface area contributed by atoms with Gasteiger partial charge in [0.1, 0.15) is 11.5 Å². The minimum Gasteiger partial charge on any atom is -0.508 e. The van der Waals surface area contributed by atoms with E-state index in [0.717, 1.165) is 10.1 Å². The van der Waals surface area contributed by atoms with E-state index in [1.807, 2.05) is 6.08 Å². The fourth-order valence-corrected chi connectivity index (χ4v) is 6.62. The van der Waals surface area contributed by atoms with Gasteiger partial charge in [0, 0.05) is 23.5 Å². The summed E-state index contributed by atoms with van der Waals surface area (Å²) < 4.78 is 9.59. The molecular weight excluding hydrogens is 486 g/mol. The SMILES string of the molecule is COc1cc(O)ccc1[C@H]1C2=CCn3c(=O)n(-c4ccccc4)c(=O)n3[C@@H]2C[C@H]2C(=O)C(C)=CC(=O)[C@@]12C. The Kier molecular flexibility index (Phi) is 5.24. The zero-order valence-corrected chi connectivity index (χ0v) is 21.2. The molecule has 1 saturated carbocycles. The van der Waals surface area contributed by atoms with Crippen LogP contribution in [0, 0.1) is 11.3 Å². The highest BCUT2D eigenvalue weighted by Gasteiger charge is 2.59. The molecule has 2 aliphatic carbocycles. The standard InChI is InChI=1S/C29H27N3O6/c1-16-13-24(34)29(2)21(26(16)35)15-22-19(25(29)20-10-9-18(33)14-23(20)38-3)11-12-30-27(36)31(28(37)32(22)30)17-7-5-4-6-8-17/h4-11,13-14,21-22,25,33H,12,15H2,1-3H3/t21-,22+,25+,29-/m0/s1. The number of benzene rings is 2. The molecule has 0 bridgehead atoms. The van der Waals surface area contributed by atoms with Crippen LogP contribution in [0.3, 0.4) is 0 Å². The van der Waals surface area contributed by atoms with Crippen molar-refractivity contribution < 1.29 is 19.4 Å². The summed E-state index contributed by atoms with van der Waals surface area (Å²) in [6, 6.07) is 12.8. The summed E-state index contributed by atoms with van der Waals surface area (Å²) in [5.74, 6) is -1.29. The van der Waals surface area contributed by atoms with Gasteiger partial charge >= 0.3 is 11.4 Å². The number of phenols is 1. The van der Waals surface area contributed by atoms with E-state index in [9.17, 15) is 24.3 Å². The van der Waals surface area contributed by atoms with Crippen LogP contribution in [-0.4, -0.2) is 37.7 Å². The highest BCUT2D eigenvalue weighted by atomic mass is 16.5. The molecule has 1 fully saturated rings. The molecule has 194 valence electrons. The fourth-order valence-electron chi connectivity index (χ4n) is 6.62. The highest BCUT2D eigenvalue weighted by molar-refractivity contribution is 6.13. The van der Waals surface area contributed by atoms with Crippen molar-refractivity contribution in [2.24, 2.45) is 11.3 Å². The number of ether oxygens (including phenoxy) is 1. The number of hydrogen-bond acceptors (Lipinski definition) is 6. The summed E-state index contributed by atoms with van der Waals surface area (Å²) in [5.41, 5.74) is 0.132. The number of aromatic hydroxyl groups is 1. The van der Waals surface area contributed by atoms with Gasteiger partial charge in [-0.3, -0.25) is 9.59 Å². The number of phenolic OH excluding ortho intramolecular Hbond substituents is 1. The van der Waals surface area contributed by atoms with Crippen molar-refractivity contribution in [3.05, 3.63) is 98.4 Å². The van der Waals surface area contributed by atoms with Gasteiger partial charge < -0.3 is 9.84 Å². The minimum atomic E-state index is -1.14. The number of allylic oxidation sites excluding steroid dienone is 4. The molecule has 6 rings (SSSR count). The Hall–Kier alpha value is -4.40. The van der Waals surface area contributed by atoms with Gasteiger partial charge in [0.2, 0.25) is 0 Å². The van der Waals surface area contributed by atoms with Crippen LogP contribution in [0.2, 0.25) is 0 Å². The van der Waals surface area contributed by atoms with Crippen LogP contribution in [0.15, 0.2) is 81.4 Å². The second-order valence-electron chi connectivity index (χ2n) is 10.4. The van der Waals surface area contributed by atoms with E-state index >= 15 is 0 Å². The zero-order valence-electron chi connectivity index (χ0n) is 21.2.